The first-order chi connectivity index (χ1) is 13.8. The number of benzene rings is 1. The van der Waals surface area contributed by atoms with Crippen molar-refractivity contribution in [3.63, 3.8) is 0 Å². The lowest BCUT2D eigenvalue weighted by atomic mass is 9.86. The Morgan fingerprint density at radius 2 is 1.93 bits per heavy atom. The normalized spacial score (nSPS) is 15.2. The number of aliphatic imine (C=N–C) groups is 1. The number of nitrogens with zero attached hydrogens (tertiary/aromatic N) is 2. The van der Waals surface area contributed by atoms with Crippen molar-refractivity contribution in [1.82, 2.24) is 9.97 Å². The minimum atomic E-state index is 0. The minimum Gasteiger partial charge on any atom is -0.383 e. The number of halogens is 1. The molecular formula is C23H29ClN4S. The zero-order valence-electron chi connectivity index (χ0n) is 16.6. The van der Waals surface area contributed by atoms with Gasteiger partial charge in [0.25, 0.3) is 0 Å². The van der Waals surface area contributed by atoms with E-state index < -0.39 is 0 Å². The second kappa shape index (κ2) is 10.6. The molecule has 0 bridgehead atoms. The van der Waals surface area contributed by atoms with E-state index >= 15 is 0 Å². The fourth-order valence-corrected chi connectivity index (χ4v) is 4.63. The number of imidazole rings is 1. The molecule has 2 aromatic heterocycles. The molecule has 3 N–H and O–H groups in total. The summed E-state index contributed by atoms with van der Waals surface area (Å²) in [6, 6.07) is 12.1. The van der Waals surface area contributed by atoms with Crippen LogP contribution in [0.4, 0.5) is 5.69 Å². The molecular weight excluding hydrogens is 400 g/mol. The van der Waals surface area contributed by atoms with Crippen LogP contribution in [0.3, 0.4) is 0 Å². The Labute approximate surface area is 183 Å². The molecule has 4 nitrogen and oxygen atoms in total. The Morgan fingerprint density at radius 1 is 1.14 bits per heavy atom. The molecule has 1 saturated carbocycles. The van der Waals surface area contributed by atoms with E-state index in [4.69, 9.17) is 5.73 Å². The molecule has 154 valence electrons. The third-order valence-electron chi connectivity index (χ3n) is 5.58. The molecule has 0 aliphatic heterocycles. The van der Waals surface area contributed by atoms with Crippen molar-refractivity contribution in [3.05, 3.63) is 58.7 Å². The van der Waals surface area contributed by atoms with Crippen LogP contribution in [-0.4, -0.2) is 15.8 Å². The molecule has 0 atom stereocenters. The van der Waals surface area contributed by atoms with Gasteiger partial charge in [-0.15, -0.1) is 23.7 Å². The number of nitrogens with two attached hydrogens (primary N) is 1. The first kappa shape index (κ1) is 21.6. The van der Waals surface area contributed by atoms with Gasteiger partial charge in [-0.05, 0) is 41.5 Å². The molecule has 0 radical (unpaired) electrons. The second-order valence-electron chi connectivity index (χ2n) is 7.66. The molecule has 1 aliphatic carbocycles. The molecule has 0 amide bonds. The van der Waals surface area contributed by atoms with Crippen LogP contribution in [0.5, 0.6) is 0 Å². The Kier molecular flexibility index (Phi) is 7.90. The van der Waals surface area contributed by atoms with Gasteiger partial charge in [0.1, 0.15) is 11.7 Å². The van der Waals surface area contributed by atoms with Crippen molar-refractivity contribution in [1.29, 1.82) is 0 Å². The van der Waals surface area contributed by atoms with E-state index in [-0.39, 0.29) is 12.4 Å². The predicted octanol–water partition coefficient (Wildman–Crippen LogP) is 6.50. The minimum absolute atomic E-state index is 0. The lowest BCUT2D eigenvalue weighted by Gasteiger charge is -2.20. The van der Waals surface area contributed by atoms with E-state index in [9.17, 15) is 0 Å². The summed E-state index contributed by atoms with van der Waals surface area (Å²) >= 11 is 1.60. The molecule has 6 heteroatoms. The molecule has 1 aliphatic rings. The summed E-state index contributed by atoms with van der Waals surface area (Å²) in [6.45, 7) is 0. The molecule has 1 aromatic carbocycles. The fraction of sp³-hybridized carbons (Fsp3) is 0.391. The first-order valence-corrected chi connectivity index (χ1v) is 11.2. The zero-order valence-corrected chi connectivity index (χ0v) is 18.3. The number of hydrogen-bond donors (Lipinski definition) is 2. The van der Waals surface area contributed by atoms with Crippen LogP contribution in [0.2, 0.25) is 0 Å². The number of hydrogen-bond acceptors (Lipinski definition) is 3. The van der Waals surface area contributed by atoms with Crippen LogP contribution in [-0.2, 0) is 6.42 Å². The highest BCUT2D eigenvalue weighted by Gasteiger charge is 2.13. The number of amidine groups is 1. The molecule has 4 rings (SSSR count). The van der Waals surface area contributed by atoms with Gasteiger partial charge in [0.15, 0.2) is 0 Å². The third kappa shape index (κ3) is 5.94. The van der Waals surface area contributed by atoms with E-state index in [1.165, 1.54) is 44.9 Å². The van der Waals surface area contributed by atoms with Crippen molar-refractivity contribution in [3.8, 4) is 11.3 Å². The SMILES string of the molecule is Cl.NC(=Nc1ccc(-c2cnc(CCCC3CCCCC3)[nH]2)cc1)c1cccs1. The van der Waals surface area contributed by atoms with Gasteiger partial charge in [-0.25, -0.2) is 9.98 Å². The Balaban J connectivity index is 0.00000240. The summed E-state index contributed by atoms with van der Waals surface area (Å²) in [5, 5.41) is 2.01. The highest BCUT2D eigenvalue weighted by Crippen LogP contribution is 2.28. The van der Waals surface area contributed by atoms with Crippen molar-refractivity contribution in [2.75, 3.05) is 0 Å². The molecule has 2 heterocycles. The van der Waals surface area contributed by atoms with Gasteiger partial charge in [-0.2, -0.15) is 0 Å². The van der Waals surface area contributed by atoms with Crippen molar-refractivity contribution < 1.29 is 0 Å². The average molecular weight is 429 g/mol. The van der Waals surface area contributed by atoms with E-state index in [0.29, 0.717) is 5.84 Å². The van der Waals surface area contributed by atoms with Gasteiger partial charge in [0.05, 0.1) is 22.5 Å². The number of aromatic amines is 1. The average Bonchev–Trinajstić information content (AvgIpc) is 3.42. The van der Waals surface area contributed by atoms with E-state index in [1.54, 1.807) is 11.3 Å². The number of aryl methyl sites for hydroxylation is 1. The fourth-order valence-electron chi connectivity index (χ4n) is 4.00. The molecule has 29 heavy (non-hydrogen) atoms. The second-order valence-corrected chi connectivity index (χ2v) is 8.61. The summed E-state index contributed by atoms with van der Waals surface area (Å²) in [7, 11) is 0. The Morgan fingerprint density at radius 3 is 2.66 bits per heavy atom. The van der Waals surface area contributed by atoms with Gasteiger partial charge in [0, 0.05) is 6.42 Å². The maximum absolute atomic E-state index is 6.07. The quantitative estimate of drug-likeness (QED) is 0.333. The highest BCUT2D eigenvalue weighted by atomic mass is 35.5. The highest BCUT2D eigenvalue weighted by molar-refractivity contribution is 7.12. The van der Waals surface area contributed by atoms with Crippen LogP contribution in [0.1, 0.15) is 55.6 Å². The molecule has 0 spiro atoms. The van der Waals surface area contributed by atoms with Gasteiger partial charge in [0.2, 0.25) is 0 Å². The third-order valence-corrected chi connectivity index (χ3v) is 6.47. The predicted molar refractivity (Wildman–Crippen MR) is 125 cm³/mol. The topological polar surface area (TPSA) is 67.1 Å². The largest absolute Gasteiger partial charge is 0.383 e. The number of nitrogens with one attached hydrogen (secondary N) is 1. The van der Waals surface area contributed by atoms with E-state index in [1.807, 2.05) is 35.8 Å². The van der Waals surface area contributed by atoms with Crippen molar-refractivity contribution in [2.24, 2.45) is 16.6 Å². The van der Waals surface area contributed by atoms with Crippen LogP contribution < -0.4 is 5.73 Å². The number of aromatic nitrogens is 2. The maximum Gasteiger partial charge on any atom is 0.141 e. The van der Waals surface area contributed by atoms with Gasteiger partial charge >= 0.3 is 0 Å². The standard InChI is InChI=1S/C23H28N4S.ClH/c24-23(21-9-5-15-28-21)26-19-13-11-18(12-14-19)20-16-25-22(27-20)10-4-8-17-6-2-1-3-7-17;/h5,9,11-17H,1-4,6-8,10H2,(H2,24,26)(H,25,27);1H. The van der Waals surface area contributed by atoms with Gasteiger partial charge in [-0.3, -0.25) is 0 Å². The zero-order chi connectivity index (χ0) is 19.2. The summed E-state index contributed by atoms with van der Waals surface area (Å²) in [5.41, 5.74) is 9.12. The molecule has 3 aromatic rings. The monoisotopic (exact) mass is 428 g/mol. The maximum atomic E-state index is 6.07. The molecule has 0 saturated heterocycles. The van der Waals surface area contributed by atoms with Crippen LogP contribution in [0.25, 0.3) is 11.3 Å². The lowest BCUT2D eigenvalue weighted by molar-refractivity contribution is 0.332. The van der Waals surface area contributed by atoms with Gasteiger partial charge in [-0.1, -0.05) is 56.7 Å². The first-order valence-electron chi connectivity index (χ1n) is 10.3. The van der Waals surface area contributed by atoms with Crippen molar-refractivity contribution in [2.45, 2.75) is 51.4 Å². The number of rotatable bonds is 7. The van der Waals surface area contributed by atoms with Crippen LogP contribution in [0.15, 0.2) is 53.0 Å². The number of thiophene rings is 1. The Bertz CT molecular complexity index is 893. The Hall–Kier alpha value is -2.11. The van der Waals surface area contributed by atoms with Crippen LogP contribution in [0, 0.1) is 5.92 Å². The smallest absolute Gasteiger partial charge is 0.141 e. The lowest BCUT2D eigenvalue weighted by Crippen LogP contribution is -2.10. The summed E-state index contributed by atoms with van der Waals surface area (Å²) < 4.78 is 0. The van der Waals surface area contributed by atoms with E-state index in [2.05, 4.69) is 27.1 Å². The van der Waals surface area contributed by atoms with Crippen molar-refractivity contribution >= 4 is 35.3 Å². The number of H-pyrrole nitrogens is 1. The van der Waals surface area contributed by atoms with E-state index in [0.717, 1.165) is 40.0 Å². The van der Waals surface area contributed by atoms with Crippen LogP contribution >= 0.6 is 23.7 Å². The molecule has 0 unspecified atom stereocenters. The molecule has 1 fully saturated rings. The summed E-state index contributed by atoms with van der Waals surface area (Å²) in [4.78, 5) is 13.6. The van der Waals surface area contributed by atoms with Gasteiger partial charge < -0.3 is 10.7 Å². The summed E-state index contributed by atoms with van der Waals surface area (Å²) in [6.07, 6.45) is 12.7. The summed E-state index contributed by atoms with van der Waals surface area (Å²) in [5.74, 6) is 2.59.